The number of guanidine groups is 1. The average molecular weight is 570 g/mol. The third kappa shape index (κ3) is 12.5. The third-order valence-electron chi connectivity index (χ3n) is 3.79. The molecule has 0 heterocycles. The molecule has 0 aliphatic heterocycles. The molecular weight excluding hydrogens is 537 g/mol. The molecule has 1 rings (SSSR count). The van der Waals surface area contributed by atoms with Gasteiger partial charge in [0.05, 0.1) is 6.54 Å². The van der Waals surface area contributed by atoms with Crippen LogP contribution in [0.3, 0.4) is 0 Å². The lowest BCUT2D eigenvalue weighted by Crippen LogP contribution is -2.42. The molecule has 0 aromatic heterocycles. The first-order chi connectivity index (χ1) is 13.1. The minimum atomic E-state index is -0.0797. The number of amides is 1. The van der Waals surface area contributed by atoms with Crippen molar-refractivity contribution in [2.75, 3.05) is 60.0 Å². The molecule has 9 heteroatoms. The van der Waals surface area contributed by atoms with Crippen LogP contribution in [0.2, 0.25) is 0 Å². The van der Waals surface area contributed by atoms with Crippen LogP contribution in [0, 0.1) is 0 Å². The number of hydrogen-bond acceptors (Lipinski definition) is 4. The number of methoxy groups -OCH3 is 1. The normalized spacial score (nSPS) is 11.1. The summed E-state index contributed by atoms with van der Waals surface area (Å²) in [4.78, 5) is 18.9. The second-order valence-electron chi connectivity index (χ2n) is 6.10. The van der Waals surface area contributed by atoms with Crippen LogP contribution in [-0.4, -0.2) is 76.8 Å². The summed E-state index contributed by atoms with van der Waals surface area (Å²) >= 11 is 3.36. The number of halogens is 2. The fourth-order valence-electron chi connectivity index (χ4n) is 2.33. The van der Waals surface area contributed by atoms with E-state index in [0.29, 0.717) is 25.2 Å². The van der Waals surface area contributed by atoms with E-state index in [9.17, 15) is 4.79 Å². The van der Waals surface area contributed by atoms with E-state index in [0.717, 1.165) is 43.1 Å². The van der Waals surface area contributed by atoms with Crippen LogP contribution < -0.4 is 16.0 Å². The van der Waals surface area contributed by atoms with Gasteiger partial charge < -0.3 is 25.6 Å². The van der Waals surface area contributed by atoms with E-state index in [2.05, 4.69) is 48.8 Å². The van der Waals surface area contributed by atoms with Gasteiger partial charge in [-0.1, -0.05) is 15.9 Å². The fraction of sp³-hybridized carbons (Fsp3) is 0.579. The Labute approximate surface area is 194 Å². The Bertz CT molecular complexity index is 572. The number of carbonyl (C=O) groups is 1. The van der Waals surface area contributed by atoms with Crippen LogP contribution in [0.15, 0.2) is 33.7 Å². The molecule has 7 nitrogen and oxygen atoms in total. The molecule has 0 bridgehead atoms. The van der Waals surface area contributed by atoms with Crippen molar-refractivity contribution in [1.29, 1.82) is 0 Å². The Hall–Kier alpha value is -0.910. The molecule has 1 amide bonds. The maximum Gasteiger partial charge on any atom is 0.251 e. The number of nitrogens with one attached hydrogen (secondary N) is 3. The summed E-state index contributed by atoms with van der Waals surface area (Å²) < 4.78 is 6.02. The average Bonchev–Trinajstić information content (AvgIpc) is 2.65. The predicted octanol–water partition coefficient (Wildman–Crippen LogP) is 2.32. The number of hydrogen-bond donors (Lipinski definition) is 3. The monoisotopic (exact) mass is 569 g/mol. The quantitative estimate of drug-likeness (QED) is 0.156. The summed E-state index contributed by atoms with van der Waals surface area (Å²) in [6.07, 6.45) is 1.02. The highest BCUT2D eigenvalue weighted by molar-refractivity contribution is 14.0. The molecule has 28 heavy (non-hydrogen) atoms. The zero-order valence-electron chi connectivity index (χ0n) is 17.0. The molecule has 3 N–H and O–H groups in total. The van der Waals surface area contributed by atoms with Gasteiger partial charge in [-0.05, 0) is 44.7 Å². The molecular formula is C19H33BrIN5O2. The standard InChI is InChI=1S/C19H32BrN5O2.HI/c1-4-21-19(24-12-14-25(2)13-5-15-27-3)23-11-10-22-18(26)16-6-8-17(20)9-7-16;/h6-9H,4-5,10-15H2,1-3H3,(H,22,26)(H2,21,23,24);1H. The number of ether oxygens (including phenoxy) is 1. The Balaban J connectivity index is 0.00000729. The summed E-state index contributed by atoms with van der Waals surface area (Å²) in [5.41, 5.74) is 0.648. The van der Waals surface area contributed by atoms with Crippen molar-refractivity contribution in [3.05, 3.63) is 34.3 Å². The summed E-state index contributed by atoms with van der Waals surface area (Å²) in [5, 5.41) is 9.36. The zero-order valence-corrected chi connectivity index (χ0v) is 20.9. The topological polar surface area (TPSA) is 78.0 Å². The molecule has 0 saturated carbocycles. The van der Waals surface area contributed by atoms with E-state index in [4.69, 9.17) is 4.74 Å². The van der Waals surface area contributed by atoms with E-state index >= 15 is 0 Å². The number of benzene rings is 1. The van der Waals surface area contributed by atoms with Crippen molar-refractivity contribution in [3.63, 3.8) is 0 Å². The highest BCUT2D eigenvalue weighted by Crippen LogP contribution is 2.10. The maximum absolute atomic E-state index is 12.1. The van der Waals surface area contributed by atoms with Crippen LogP contribution >= 0.6 is 39.9 Å². The molecule has 0 fully saturated rings. The van der Waals surface area contributed by atoms with Gasteiger partial charge in [0, 0.05) is 56.5 Å². The first kappa shape index (κ1) is 27.1. The van der Waals surface area contributed by atoms with Gasteiger partial charge in [0.1, 0.15) is 0 Å². The maximum atomic E-state index is 12.1. The van der Waals surface area contributed by atoms with Crippen molar-refractivity contribution in [2.45, 2.75) is 13.3 Å². The predicted molar refractivity (Wildman–Crippen MR) is 130 cm³/mol. The second-order valence-corrected chi connectivity index (χ2v) is 7.02. The van der Waals surface area contributed by atoms with Gasteiger partial charge in [-0.2, -0.15) is 0 Å². The molecule has 0 radical (unpaired) electrons. The van der Waals surface area contributed by atoms with E-state index in [1.165, 1.54) is 0 Å². The van der Waals surface area contributed by atoms with Crippen LogP contribution in [0.5, 0.6) is 0 Å². The van der Waals surface area contributed by atoms with Crippen LogP contribution in [0.25, 0.3) is 0 Å². The third-order valence-corrected chi connectivity index (χ3v) is 4.32. The highest BCUT2D eigenvalue weighted by atomic mass is 127. The first-order valence-corrected chi connectivity index (χ1v) is 10.1. The zero-order chi connectivity index (χ0) is 19.9. The number of carbonyl (C=O) groups excluding carboxylic acids is 1. The molecule has 1 aromatic rings. The van der Waals surface area contributed by atoms with Gasteiger partial charge >= 0.3 is 0 Å². The smallest absolute Gasteiger partial charge is 0.251 e. The molecule has 0 spiro atoms. The lowest BCUT2D eigenvalue weighted by Gasteiger charge is -2.16. The molecule has 1 aromatic carbocycles. The number of likely N-dealkylation sites (N-methyl/N-ethyl adjacent to an activating group) is 1. The van der Waals surface area contributed by atoms with Gasteiger partial charge in [-0.25, -0.2) is 0 Å². The van der Waals surface area contributed by atoms with Crippen LogP contribution in [-0.2, 0) is 4.74 Å². The molecule has 0 aliphatic rings. The minimum Gasteiger partial charge on any atom is -0.385 e. The number of rotatable bonds is 12. The van der Waals surface area contributed by atoms with Crippen molar-refractivity contribution in [2.24, 2.45) is 4.99 Å². The highest BCUT2D eigenvalue weighted by Gasteiger charge is 2.04. The minimum absolute atomic E-state index is 0. The van der Waals surface area contributed by atoms with Gasteiger partial charge in [-0.15, -0.1) is 24.0 Å². The molecule has 0 atom stereocenters. The Morgan fingerprint density at radius 3 is 2.46 bits per heavy atom. The Kier molecular flexibility index (Phi) is 16.4. The Morgan fingerprint density at radius 1 is 1.14 bits per heavy atom. The van der Waals surface area contributed by atoms with Crippen molar-refractivity contribution >= 4 is 51.8 Å². The van der Waals surface area contributed by atoms with Crippen molar-refractivity contribution in [3.8, 4) is 0 Å². The van der Waals surface area contributed by atoms with Gasteiger partial charge in [0.15, 0.2) is 5.96 Å². The molecule has 160 valence electrons. The van der Waals surface area contributed by atoms with Gasteiger partial charge in [-0.3, -0.25) is 9.79 Å². The Morgan fingerprint density at radius 2 is 1.82 bits per heavy atom. The van der Waals surface area contributed by atoms with Crippen molar-refractivity contribution < 1.29 is 9.53 Å². The summed E-state index contributed by atoms with van der Waals surface area (Å²) in [6, 6.07) is 7.30. The first-order valence-electron chi connectivity index (χ1n) is 9.30. The summed E-state index contributed by atoms with van der Waals surface area (Å²) in [5.74, 6) is 0.685. The molecule has 0 unspecified atom stereocenters. The molecule has 0 saturated heterocycles. The largest absolute Gasteiger partial charge is 0.385 e. The molecule has 0 aliphatic carbocycles. The second kappa shape index (κ2) is 17.0. The van der Waals surface area contributed by atoms with E-state index in [1.807, 2.05) is 19.1 Å². The lowest BCUT2D eigenvalue weighted by atomic mass is 10.2. The lowest BCUT2D eigenvalue weighted by molar-refractivity contribution is 0.0954. The van der Waals surface area contributed by atoms with Crippen LogP contribution in [0.4, 0.5) is 0 Å². The SMILES string of the molecule is CCNC(=NCCN(C)CCCOC)NCCNC(=O)c1ccc(Br)cc1.I. The van der Waals surface area contributed by atoms with E-state index in [1.54, 1.807) is 19.2 Å². The van der Waals surface area contributed by atoms with Gasteiger partial charge in [0.25, 0.3) is 5.91 Å². The van der Waals surface area contributed by atoms with Gasteiger partial charge in [0.2, 0.25) is 0 Å². The van der Waals surface area contributed by atoms with Crippen molar-refractivity contribution in [1.82, 2.24) is 20.9 Å². The number of aliphatic imine (C=N–C) groups is 1. The van der Waals surface area contributed by atoms with E-state index < -0.39 is 0 Å². The summed E-state index contributed by atoms with van der Waals surface area (Å²) in [7, 11) is 3.81. The fourth-order valence-corrected chi connectivity index (χ4v) is 2.59. The summed E-state index contributed by atoms with van der Waals surface area (Å²) in [6.45, 7) is 7.34. The number of nitrogens with zero attached hydrogens (tertiary/aromatic N) is 2. The van der Waals surface area contributed by atoms with Crippen LogP contribution in [0.1, 0.15) is 23.7 Å². The van der Waals surface area contributed by atoms with E-state index in [-0.39, 0.29) is 29.9 Å².